The van der Waals surface area contributed by atoms with Crippen LogP contribution in [0.4, 0.5) is 0 Å². The fourth-order valence-electron chi connectivity index (χ4n) is 3.11. The van der Waals surface area contributed by atoms with Crippen molar-refractivity contribution >= 4 is 10.0 Å². The smallest absolute Gasteiger partial charge is 0.243 e. The largest absolute Gasteiger partial charge is 0.493 e. The van der Waals surface area contributed by atoms with Gasteiger partial charge in [0.05, 0.1) is 19.1 Å². The van der Waals surface area contributed by atoms with E-state index in [-0.39, 0.29) is 10.9 Å². The summed E-state index contributed by atoms with van der Waals surface area (Å²) < 4.78 is 37.9. The van der Waals surface area contributed by atoms with Gasteiger partial charge < -0.3 is 9.47 Å². The Hall–Kier alpha value is -1.27. The van der Waals surface area contributed by atoms with Crippen LogP contribution in [0.15, 0.2) is 23.1 Å². The van der Waals surface area contributed by atoms with Crippen molar-refractivity contribution in [3.63, 3.8) is 0 Å². The summed E-state index contributed by atoms with van der Waals surface area (Å²) in [5, 5.41) is 0. The standard InChI is InChI=1S/C16H25NO4S/c1-4-17(13-8-6-5-7-9-13)22(18,19)14-10-11-15(20-2)16(12-14)21-3/h10-13H,4-9H2,1-3H3. The molecule has 0 aliphatic heterocycles. The lowest BCUT2D eigenvalue weighted by atomic mass is 9.95. The zero-order valence-corrected chi connectivity index (χ0v) is 14.4. The first-order valence-electron chi connectivity index (χ1n) is 7.78. The van der Waals surface area contributed by atoms with Crippen LogP contribution in [-0.2, 0) is 10.0 Å². The highest BCUT2D eigenvalue weighted by Crippen LogP contribution is 2.33. The lowest BCUT2D eigenvalue weighted by Gasteiger charge is -2.32. The zero-order valence-electron chi connectivity index (χ0n) is 13.5. The number of methoxy groups -OCH3 is 2. The van der Waals surface area contributed by atoms with E-state index in [9.17, 15) is 8.42 Å². The van der Waals surface area contributed by atoms with Gasteiger partial charge in [0.1, 0.15) is 0 Å². The molecule has 0 bridgehead atoms. The maximum absolute atomic E-state index is 13.0. The molecule has 6 heteroatoms. The van der Waals surface area contributed by atoms with Gasteiger partial charge in [-0.05, 0) is 25.0 Å². The summed E-state index contributed by atoms with van der Waals surface area (Å²) in [4.78, 5) is 0.262. The van der Waals surface area contributed by atoms with E-state index >= 15 is 0 Å². The average Bonchev–Trinajstić information content (AvgIpc) is 2.55. The Bertz CT molecular complexity index is 594. The number of benzene rings is 1. The molecule has 2 rings (SSSR count). The van der Waals surface area contributed by atoms with Crippen molar-refractivity contribution in [2.45, 2.75) is 50.0 Å². The van der Waals surface area contributed by atoms with Crippen LogP contribution >= 0.6 is 0 Å². The van der Waals surface area contributed by atoms with Gasteiger partial charge in [-0.1, -0.05) is 26.2 Å². The molecule has 1 aromatic carbocycles. The van der Waals surface area contributed by atoms with Crippen molar-refractivity contribution in [3.05, 3.63) is 18.2 Å². The van der Waals surface area contributed by atoms with E-state index in [1.54, 1.807) is 22.5 Å². The summed E-state index contributed by atoms with van der Waals surface area (Å²) in [7, 11) is -0.470. The van der Waals surface area contributed by atoms with Crippen LogP contribution in [0.25, 0.3) is 0 Å². The highest BCUT2D eigenvalue weighted by Gasteiger charge is 2.31. The highest BCUT2D eigenvalue weighted by molar-refractivity contribution is 7.89. The SMILES string of the molecule is CCN(C1CCCCC1)S(=O)(=O)c1ccc(OC)c(OC)c1. The van der Waals surface area contributed by atoms with Crippen molar-refractivity contribution in [3.8, 4) is 11.5 Å². The number of sulfonamides is 1. The molecule has 0 radical (unpaired) electrons. The minimum atomic E-state index is -3.51. The summed E-state index contributed by atoms with van der Waals surface area (Å²) in [6.45, 7) is 2.38. The maximum atomic E-state index is 13.0. The Morgan fingerprint density at radius 2 is 1.73 bits per heavy atom. The van der Waals surface area contributed by atoms with E-state index in [4.69, 9.17) is 9.47 Å². The fraction of sp³-hybridized carbons (Fsp3) is 0.625. The molecule has 0 atom stereocenters. The van der Waals surface area contributed by atoms with Gasteiger partial charge in [0, 0.05) is 18.7 Å². The quantitative estimate of drug-likeness (QED) is 0.806. The van der Waals surface area contributed by atoms with Crippen molar-refractivity contribution in [2.24, 2.45) is 0 Å². The highest BCUT2D eigenvalue weighted by atomic mass is 32.2. The van der Waals surface area contributed by atoms with Crippen molar-refractivity contribution in [2.75, 3.05) is 20.8 Å². The second-order valence-corrected chi connectivity index (χ2v) is 7.41. The molecule has 1 fully saturated rings. The zero-order chi connectivity index (χ0) is 16.2. The third kappa shape index (κ3) is 3.38. The molecule has 0 N–H and O–H groups in total. The van der Waals surface area contributed by atoms with E-state index in [0.29, 0.717) is 18.0 Å². The van der Waals surface area contributed by atoms with Gasteiger partial charge in [-0.15, -0.1) is 0 Å². The Morgan fingerprint density at radius 3 is 2.27 bits per heavy atom. The van der Waals surface area contributed by atoms with Crippen LogP contribution in [0.1, 0.15) is 39.0 Å². The van der Waals surface area contributed by atoms with Crippen LogP contribution in [0.5, 0.6) is 11.5 Å². The van der Waals surface area contributed by atoms with Gasteiger partial charge in [-0.25, -0.2) is 8.42 Å². The number of hydrogen-bond donors (Lipinski definition) is 0. The number of hydrogen-bond acceptors (Lipinski definition) is 4. The van der Waals surface area contributed by atoms with Crippen LogP contribution in [0.3, 0.4) is 0 Å². The number of ether oxygens (including phenoxy) is 2. The van der Waals surface area contributed by atoms with Crippen molar-refractivity contribution < 1.29 is 17.9 Å². The number of rotatable bonds is 6. The topological polar surface area (TPSA) is 55.8 Å². The first-order valence-corrected chi connectivity index (χ1v) is 9.22. The van der Waals surface area contributed by atoms with Crippen LogP contribution < -0.4 is 9.47 Å². The van der Waals surface area contributed by atoms with E-state index < -0.39 is 10.0 Å². The molecule has 0 unspecified atom stereocenters. The van der Waals surface area contributed by atoms with Crippen LogP contribution in [-0.4, -0.2) is 39.5 Å². The van der Waals surface area contributed by atoms with E-state index in [1.807, 2.05) is 6.92 Å². The molecule has 0 amide bonds. The Labute approximate surface area is 133 Å². The fourth-order valence-corrected chi connectivity index (χ4v) is 4.82. The van der Waals surface area contributed by atoms with Gasteiger partial charge in [0.2, 0.25) is 10.0 Å². The molecule has 0 saturated heterocycles. The Balaban J connectivity index is 2.35. The predicted octanol–water partition coefficient (Wildman–Crippen LogP) is 3.05. The number of nitrogens with zero attached hydrogens (tertiary/aromatic N) is 1. The minimum Gasteiger partial charge on any atom is -0.493 e. The van der Waals surface area contributed by atoms with Crippen LogP contribution in [0, 0.1) is 0 Å². The molecular formula is C16H25NO4S. The Morgan fingerprint density at radius 1 is 1.09 bits per heavy atom. The molecule has 5 nitrogen and oxygen atoms in total. The van der Waals surface area contributed by atoms with Crippen molar-refractivity contribution in [1.29, 1.82) is 0 Å². The second kappa shape index (κ2) is 7.33. The molecule has 1 aliphatic rings. The van der Waals surface area contributed by atoms with Crippen LogP contribution in [0.2, 0.25) is 0 Å². The Kier molecular flexibility index (Phi) is 5.69. The average molecular weight is 327 g/mol. The van der Waals surface area contributed by atoms with E-state index in [2.05, 4.69) is 0 Å². The van der Waals surface area contributed by atoms with E-state index in [1.165, 1.54) is 20.6 Å². The normalized spacial score (nSPS) is 16.7. The molecule has 0 spiro atoms. The lowest BCUT2D eigenvalue weighted by molar-refractivity contribution is 0.261. The summed E-state index contributed by atoms with van der Waals surface area (Å²) >= 11 is 0. The van der Waals surface area contributed by atoms with Gasteiger partial charge >= 0.3 is 0 Å². The van der Waals surface area contributed by atoms with Crippen molar-refractivity contribution in [1.82, 2.24) is 4.31 Å². The monoisotopic (exact) mass is 327 g/mol. The summed E-state index contributed by atoms with van der Waals surface area (Å²) in [6.07, 6.45) is 5.29. The minimum absolute atomic E-state index is 0.108. The van der Waals surface area contributed by atoms with E-state index in [0.717, 1.165) is 25.7 Å². The third-order valence-electron chi connectivity index (χ3n) is 4.26. The maximum Gasteiger partial charge on any atom is 0.243 e. The van der Waals surface area contributed by atoms with Gasteiger partial charge in [-0.3, -0.25) is 0 Å². The van der Waals surface area contributed by atoms with Gasteiger partial charge in [0.25, 0.3) is 0 Å². The molecular weight excluding hydrogens is 302 g/mol. The summed E-state index contributed by atoms with van der Waals surface area (Å²) in [6, 6.07) is 4.87. The summed E-state index contributed by atoms with van der Waals surface area (Å²) in [5.41, 5.74) is 0. The van der Waals surface area contributed by atoms with Gasteiger partial charge in [0.15, 0.2) is 11.5 Å². The molecule has 0 aromatic heterocycles. The first-order chi connectivity index (χ1) is 10.5. The second-order valence-electron chi connectivity index (χ2n) is 5.52. The molecule has 1 saturated carbocycles. The predicted molar refractivity (Wildman–Crippen MR) is 86.0 cm³/mol. The molecule has 1 aromatic rings. The first kappa shape index (κ1) is 17.1. The van der Waals surface area contributed by atoms with Gasteiger partial charge in [-0.2, -0.15) is 4.31 Å². The molecule has 22 heavy (non-hydrogen) atoms. The summed E-state index contributed by atoms with van der Waals surface area (Å²) in [5.74, 6) is 0.963. The lowest BCUT2D eigenvalue weighted by Crippen LogP contribution is -2.41. The molecule has 0 heterocycles. The molecule has 124 valence electrons. The third-order valence-corrected chi connectivity index (χ3v) is 6.28. The molecule has 1 aliphatic carbocycles.